The molecule has 0 atom stereocenters. The molecule has 25 heavy (non-hydrogen) atoms. The molecule has 0 aliphatic rings. The average Bonchev–Trinajstić information content (AvgIpc) is 3.02. The Hall–Kier alpha value is -2.84. The van der Waals surface area contributed by atoms with Crippen LogP contribution < -0.4 is 15.6 Å². The number of ether oxygens (including phenoxy) is 1. The molecule has 0 saturated heterocycles. The minimum atomic E-state index is -0.223. The van der Waals surface area contributed by atoms with Crippen LogP contribution in [-0.2, 0) is 0 Å². The van der Waals surface area contributed by atoms with Crippen LogP contribution in [0.5, 0.6) is 5.75 Å². The van der Waals surface area contributed by atoms with E-state index in [2.05, 4.69) is 20.3 Å². The summed E-state index contributed by atoms with van der Waals surface area (Å²) in [6, 6.07) is 12.8. The van der Waals surface area contributed by atoms with Crippen molar-refractivity contribution in [1.82, 2.24) is 15.0 Å². The Kier molecular flexibility index (Phi) is 3.90. The number of hydrogen-bond donors (Lipinski definition) is 2. The van der Waals surface area contributed by atoms with Gasteiger partial charge in [-0.2, -0.15) is 0 Å². The summed E-state index contributed by atoms with van der Waals surface area (Å²) in [5.41, 5.74) is 1.22. The van der Waals surface area contributed by atoms with Gasteiger partial charge in [-0.1, -0.05) is 35.7 Å². The number of thiocarbonyl (C=S) groups is 1. The summed E-state index contributed by atoms with van der Waals surface area (Å²) in [5, 5.41) is 4.20. The van der Waals surface area contributed by atoms with Crippen LogP contribution >= 0.6 is 23.6 Å². The highest BCUT2D eigenvalue weighted by Crippen LogP contribution is 2.29. The molecule has 4 rings (SSSR count). The normalized spacial score (nSPS) is 10.9. The minimum absolute atomic E-state index is 0.223. The number of hydrogen-bond acceptors (Lipinski definition) is 6. The molecule has 0 aliphatic carbocycles. The Morgan fingerprint density at radius 2 is 2.04 bits per heavy atom. The largest absolute Gasteiger partial charge is 0.497 e. The van der Waals surface area contributed by atoms with Crippen molar-refractivity contribution in [2.24, 2.45) is 0 Å². The second-order valence-electron chi connectivity index (χ2n) is 5.24. The maximum Gasteiger partial charge on any atom is 0.259 e. The predicted octanol–water partition coefficient (Wildman–Crippen LogP) is 3.33. The molecule has 6 nitrogen and oxygen atoms in total. The fourth-order valence-electron chi connectivity index (χ4n) is 2.44. The molecule has 4 aromatic rings. The Morgan fingerprint density at radius 1 is 1.20 bits per heavy atom. The quantitative estimate of drug-likeness (QED) is 0.540. The lowest BCUT2D eigenvalue weighted by Gasteiger charge is -2.05. The molecule has 2 N–H and O–H groups in total. The molecular weight excluding hydrogens is 356 g/mol. The van der Waals surface area contributed by atoms with Gasteiger partial charge in [-0.15, -0.1) is 0 Å². The van der Waals surface area contributed by atoms with Crippen molar-refractivity contribution in [3.63, 3.8) is 0 Å². The highest BCUT2D eigenvalue weighted by atomic mass is 32.1. The van der Waals surface area contributed by atoms with Gasteiger partial charge in [0.15, 0.2) is 11.0 Å². The predicted molar refractivity (Wildman–Crippen MR) is 104 cm³/mol. The number of rotatable bonds is 3. The van der Waals surface area contributed by atoms with E-state index in [9.17, 15) is 4.79 Å². The van der Waals surface area contributed by atoms with E-state index < -0.39 is 0 Å². The first-order valence-electron chi connectivity index (χ1n) is 7.39. The Morgan fingerprint density at radius 3 is 2.88 bits per heavy atom. The third kappa shape index (κ3) is 2.97. The molecule has 2 aromatic heterocycles. The number of thiazole rings is 1. The molecule has 8 heteroatoms. The maximum absolute atomic E-state index is 12.2. The molecular formula is C17H12N4O2S2. The van der Waals surface area contributed by atoms with Crippen LogP contribution in [0.25, 0.3) is 21.1 Å². The lowest BCUT2D eigenvalue weighted by Crippen LogP contribution is -2.20. The van der Waals surface area contributed by atoms with Gasteiger partial charge in [0.2, 0.25) is 0 Å². The van der Waals surface area contributed by atoms with Crippen LogP contribution in [0.2, 0.25) is 0 Å². The summed E-state index contributed by atoms with van der Waals surface area (Å²) in [7, 11) is 1.62. The van der Waals surface area contributed by atoms with Gasteiger partial charge in [-0.25, -0.2) is 9.97 Å². The highest BCUT2D eigenvalue weighted by Gasteiger charge is 2.11. The van der Waals surface area contributed by atoms with Crippen LogP contribution in [0.3, 0.4) is 0 Å². The smallest absolute Gasteiger partial charge is 0.259 e. The second kappa shape index (κ2) is 6.23. The first-order chi connectivity index (χ1) is 12.1. The Bertz CT molecular complexity index is 1170. The number of methoxy groups -OCH3 is 1. The number of nitrogens with zero attached hydrogens (tertiary/aromatic N) is 2. The van der Waals surface area contributed by atoms with Crippen molar-refractivity contribution < 1.29 is 4.74 Å². The molecule has 0 amide bonds. The number of aromatic nitrogens is 3. The van der Waals surface area contributed by atoms with Crippen LogP contribution in [0, 0.1) is 0 Å². The second-order valence-corrected chi connectivity index (χ2v) is 6.68. The molecule has 0 unspecified atom stereocenters. The lowest BCUT2D eigenvalue weighted by molar-refractivity contribution is 0.415. The minimum Gasteiger partial charge on any atom is -0.497 e. The number of H-pyrrole nitrogens is 1. The third-order valence-electron chi connectivity index (χ3n) is 3.64. The van der Waals surface area contributed by atoms with E-state index in [1.807, 2.05) is 24.3 Å². The number of aromatic amines is 1. The topological polar surface area (TPSA) is 79.9 Å². The van der Waals surface area contributed by atoms with E-state index >= 15 is 0 Å². The Balaban J connectivity index is 1.67. The van der Waals surface area contributed by atoms with Crippen molar-refractivity contribution >= 4 is 54.8 Å². The number of benzene rings is 2. The van der Waals surface area contributed by atoms with Crippen LogP contribution in [0.1, 0.15) is 5.82 Å². The molecule has 0 aliphatic heterocycles. The van der Waals surface area contributed by atoms with Gasteiger partial charge in [-0.3, -0.25) is 4.79 Å². The molecule has 124 valence electrons. The van der Waals surface area contributed by atoms with E-state index in [0.29, 0.717) is 26.8 Å². The van der Waals surface area contributed by atoms with Gasteiger partial charge < -0.3 is 15.0 Å². The highest BCUT2D eigenvalue weighted by molar-refractivity contribution is 7.81. The fourth-order valence-corrected chi connectivity index (χ4v) is 3.59. The van der Waals surface area contributed by atoms with Crippen molar-refractivity contribution in [1.29, 1.82) is 0 Å². The van der Waals surface area contributed by atoms with Crippen molar-refractivity contribution in [3.8, 4) is 5.75 Å². The molecule has 2 aromatic carbocycles. The summed E-state index contributed by atoms with van der Waals surface area (Å²) in [6.07, 6.45) is 0. The summed E-state index contributed by atoms with van der Waals surface area (Å²) in [4.78, 5) is 24.1. The zero-order valence-electron chi connectivity index (χ0n) is 13.1. The molecule has 0 fully saturated rings. The number of anilines is 1. The van der Waals surface area contributed by atoms with Crippen molar-refractivity contribution in [2.45, 2.75) is 0 Å². The summed E-state index contributed by atoms with van der Waals surface area (Å²) in [5.74, 6) is 1.08. The monoisotopic (exact) mass is 368 g/mol. The SMILES string of the molecule is COc1ccc2nc(NC(=S)c3nc4ccccc4c(=O)[nH]3)sc2c1. The van der Waals surface area contributed by atoms with Gasteiger partial charge in [0.05, 0.1) is 28.2 Å². The van der Waals surface area contributed by atoms with E-state index in [1.54, 1.807) is 25.3 Å². The molecule has 0 radical (unpaired) electrons. The zero-order valence-corrected chi connectivity index (χ0v) is 14.7. The van der Waals surface area contributed by atoms with Gasteiger partial charge in [0, 0.05) is 0 Å². The Labute approximate surface area is 151 Å². The van der Waals surface area contributed by atoms with E-state index in [1.165, 1.54) is 11.3 Å². The van der Waals surface area contributed by atoms with Gasteiger partial charge in [0.1, 0.15) is 10.7 Å². The standard InChI is InChI=1S/C17H12N4O2S2/c1-23-9-6-7-12-13(8-9)25-17(19-12)21-16(24)14-18-11-5-3-2-4-10(11)15(22)20-14/h2-8H,1H3,(H,18,20,22)(H,19,21,24). The summed E-state index contributed by atoms with van der Waals surface area (Å²) >= 11 is 6.82. The first-order valence-corrected chi connectivity index (χ1v) is 8.61. The number of fused-ring (bicyclic) bond motifs is 2. The maximum atomic E-state index is 12.2. The third-order valence-corrected chi connectivity index (χ3v) is 4.87. The van der Waals surface area contributed by atoms with Gasteiger partial charge >= 0.3 is 0 Å². The van der Waals surface area contributed by atoms with Gasteiger partial charge in [0.25, 0.3) is 5.56 Å². The lowest BCUT2D eigenvalue weighted by atomic mass is 10.2. The fraction of sp³-hybridized carbons (Fsp3) is 0.0588. The van der Waals surface area contributed by atoms with Crippen molar-refractivity contribution in [2.75, 3.05) is 12.4 Å². The van der Waals surface area contributed by atoms with E-state index in [0.717, 1.165) is 16.0 Å². The molecule has 0 bridgehead atoms. The summed E-state index contributed by atoms with van der Waals surface area (Å²) < 4.78 is 6.20. The number of nitrogens with one attached hydrogen (secondary N) is 2. The zero-order chi connectivity index (χ0) is 17.4. The van der Waals surface area contributed by atoms with Crippen LogP contribution in [-0.4, -0.2) is 27.1 Å². The molecule has 0 spiro atoms. The molecule has 2 heterocycles. The molecule has 0 saturated carbocycles. The van der Waals surface area contributed by atoms with E-state index in [4.69, 9.17) is 17.0 Å². The van der Waals surface area contributed by atoms with Gasteiger partial charge in [-0.05, 0) is 30.3 Å². The van der Waals surface area contributed by atoms with E-state index in [-0.39, 0.29) is 5.56 Å². The first kappa shape index (κ1) is 15.7. The summed E-state index contributed by atoms with van der Waals surface area (Å²) in [6.45, 7) is 0. The van der Waals surface area contributed by atoms with Crippen LogP contribution in [0.4, 0.5) is 5.13 Å². The average molecular weight is 368 g/mol. The number of para-hydroxylation sites is 1. The van der Waals surface area contributed by atoms with Crippen molar-refractivity contribution in [3.05, 3.63) is 58.6 Å². The van der Waals surface area contributed by atoms with Crippen LogP contribution in [0.15, 0.2) is 47.3 Å².